The summed E-state index contributed by atoms with van der Waals surface area (Å²) in [5.41, 5.74) is 2.95. The normalized spacial score (nSPS) is 15.9. The van der Waals surface area contributed by atoms with Crippen LogP contribution in [-0.4, -0.2) is 31.7 Å². The van der Waals surface area contributed by atoms with Crippen LogP contribution in [-0.2, 0) is 17.3 Å². The summed E-state index contributed by atoms with van der Waals surface area (Å²) in [6.07, 6.45) is 12.1. The second kappa shape index (κ2) is 13.0. The molecule has 0 fully saturated rings. The van der Waals surface area contributed by atoms with Crippen molar-refractivity contribution < 1.29 is 8.84 Å². The number of rotatable bonds is 14. The van der Waals surface area contributed by atoms with Crippen LogP contribution in [0.15, 0.2) is 34.9 Å². The Hall–Kier alpha value is -0.594. The fraction of sp³-hybridized carbons (Fsp3) is 0.710. The molecule has 0 spiro atoms. The molecule has 1 heterocycles. The molecule has 0 bridgehead atoms. The van der Waals surface area contributed by atoms with Crippen LogP contribution in [0.5, 0.6) is 0 Å². The van der Waals surface area contributed by atoms with Gasteiger partial charge in [0.15, 0.2) is 0 Å². The predicted octanol–water partition coefficient (Wildman–Crippen LogP) is 9.21. The Morgan fingerprint density at radius 2 is 1.44 bits per heavy atom. The van der Waals surface area contributed by atoms with Gasteiger partial charge in [-0.3, -0.25) is 0 Å². The molecule has 0 radical (unpaired) electrons. The second-order valence-corrected chi connectivity index (χ2v) is 30.6. The Bertz CT molecular complexity index is 901. The fourth-order valence-corrected chi connectivity index (χ4v) is 21.8. The Labute approximate surface area is 227 Å². The first-order valence-electron chi connectivity index (χ1n) is 14.8. The van der Waals surface area contributed by atoms with Gasteiger partial charge in [-0.15, -0.1) is 0 Å². The van der Waals surface area contributed by atoms with Crippen LogP contribution >= 0.6 is 0 Å². The quantitative estimate of drug-likeness (QED) is 0.198. The van der Waals surface area contributed by atoms with Gasteiger partial charge in [0.25, 0.3) is 0 Å². The topological polar surface area (TPSA) is 35.3 Å². The first-order chi connectivity index (χ1) is 17.1. The van der Waals surface area contributed by atoms with Gasteiger partial charge >= 0.3 is 228 Å². The van der Waals surface area contributed by atoms with Gasteiger partial charge in [-0.25, -0.2) is 0 Å². The molecule has 1 aliphatic rings. The van der Waals surface area contributed by atoms with Crippen LogP contribution in [0.2, 0.25) is 31.4 Å². The van der Waals surface area contributed by atoms with E-state index in [9.17, 15) is 0 Å². The molecule has 5 heteroatoms. The third-order valence-electron chi connectivity index (χ3n) is 9.05. The first kappa shape index (κ1) is 30.0. The van der Waals surface area contributed by atoms with E-state index in [-0.39, 0.29) is 11.1 Å². The number of aromatic nitrogens is 1. The molecule has 0 saturated heterocycles. The van der Waals surface area contributed by atoms with E-state index in [2.05, 4.69) is 85.1 Å². The molecule has 36 heavy (non-hydrogen) atoms. The van der Waals surface area contributed by atoms with Gasteiger partial charge in [-0.1, -0.05) is 0 Å². The number of nitrogens with zero attached hydrogens (tertiary/aromatic N) is 1. The molecule has 1 aromatic heterocycles. The van der Waals surface area contributed by atoms with Crippen LogP contribution in [0, 0.1) is 5.92 Å². The molecule has 1 unspecified atom stereocenters. The molecule has 0 amide bonds. The van der Waals surface area contributed by atoms with Gasteiger partial charge in [-0.05, 0) is 0 Å². The van der Waals surface area contributed by atoms with E-state index < -0.39 is 26.7 Å². The monoisotopic (exact) mass is 619 g/mol. The maximum atomic E-state index is 7.18. The predicted molar refractivity (Wildman–Crippen MR) is 159 cm³/mol. The number of oxazole rings is 1. The third-order valence-corrected chi connectivity index (χ3v) is 28.4. The standard InChI is InChI=1S/C19H26NO2Si.3C4H9.Sn/c1-19(2,3)23(4,5)22-17(18-20-10-11-21-18)16-12-14-8-6-7-9-15(14)13-16;3*1-3-4-2;/h6-10,16-17H,12-13H2,1-5H3;3*1,3-4H2,2H3;. The van der Waals surface area contributed by atoms with Crippen molar-refractivity contribution in [3.05, 3.63) is 47.5 Å². The number of hydrogen-bond donors (Lipinski definition) is 0. The van der Waals surface area contributed by atoms with Gasteiger partial charge in [0.1, 0.15) is 0 Å². The third kappa shape index (κ3) is 7.08. The molecule has 1 atom stereocenters. The van der Waals surface area contributed by atoms with Gasteiger partial charge in [-0.2, -0.15) is 0 Å². The van der Waals surface area contributed by atoms with Crippen LogP contribution in [0.3, 0.4) is 0 Å². The van der Waals surface area contributed by atoms with E-state index in [1.807, 2.05) is 0 Å². The Kier molecular flexibility index (Phi) is 10.8. The van der Waals surface area contributed by atoms with Crippen molar-refractivity contribution in [2.24, 2.45) is 5.92 Å². The van der Waals surface area contributed by atoms with Crippen molar-refractivity contribution in [1.29, 1.82) is 0 Å². The summed E-state index contributed by atoms with van der Waals surface area (Å²) in [6.45, 7) is 18.8. The summed E-state index contributed by atoms with van der Waals surface area (Å²) in [6, 6.07) is 8.93. The first-order valence-corrected chi connectivity index (χ1v) is 25.2. The molecule has 0 saturated carbocycles. The van der Waals surface area contributed by atoms with Gasteiger partial charge in [0, 0.05) is 0 Å². The molecule has 3 nitrogen and oxygen atoms in total. The molecule has 202 valence electrons. The minimum atomic E-state index is -2.67. The summed E-state index contributed by atoms with van der Waals surface area (Å²) >= 11 is -2.67. The van der Waals surface area contributed by atoms with E-state index in [0.717, 1.165) is 18.7 Å². The Morgan fingerprint density at radius 1 is 0.944 bits per heavy atom. The zero-order valence-corrected chi connectivity index (χ0v) is 28.4. The number of unbranched alkanes of at least 4 members (excludes halogenated alkanes) is 3. The van der Waals surface area contributed by atoms with Crippen molar-refractivity contribution in [2.75, 3.05) is 0 Å². The molecule has 2 aromatic rings. The van der Waals surface area contributed by atoms with Gasteiger partial charge < -0.3 is 0 Å². The van der Waals surface area contributed by atoms with E-state index in [1.54, 1.807) is 0 Å². The second-order valence-electron chi connectivity index (χ2n) is 12.9. The summed E-state index contributed by atoms with van der Waals surface area (Å²) < 4.78 is 19.7. The summed E-state index contributed by atoms with van der Waals surface area (Å²) in [5, 5.41) is 0.151. The van der Waals surface area contributed by atoms with Crippen molar-refractivity contribution >= 4 is 30.5 Å². The summed E-state index contributed by atoms with van der Waals surface area (Å²) in [4.78, 5) is 5.06. The zero-order chi connectivity index (χ0) is 26.4. The summed E-state index contributed by atoms with van der Waals surface area (Å²) in [5.74, 6) is 1.27. The van der Waals surface area contributed by atoms with Gasteiger partial charge in [0.05, 0.1) is 0 Å². The van der Waals surface area contributed by atoms with Crippen molar-refractivity contribution in [3.63, 3.8) is 0 Å². The fourth-order valence-electron chi connectivity index (χ4n) is 5.60. The minimum absolute atomic E-state index is 0.0560. The Balaban J connectivity index is 1.99. The average Bonchev–Trinajstić information content (AvgIpc) is 3.49. The van der Waals surface area contributed by atoms with Crippen molar-refractivity contribution in [1.82, 2.24) is 4.98 Å². The zero-order valence-electron chi connectivity index (χ0n) is 24.6. The van der Waals surface area contributed by atoms with Gasteiger partial charge in [0.2, 0.25) is 0 Å². The van der Waals surface area contributed by atoms with Crippen LogP contribution in [0.25, 0.3) is 0 Å². The average molecular weight is 619 g/mol. The molecule has 1 aromatic carbocycles. The maximum absolute atomic E-state index is 7.18. The summed E-state index contributed by atoms with van der Waals surface area (Å²) in [7, 11) is -2.00. The molecular formula is C31H53NO2SiSn. The van der Waals surface area contributed by atoms with E-state index in [0.29, 0.717) is 5.92 Å². The van der Waals surface area contributed by atoms with E-state index in [1.165, 1.54) is 66.7 Å². The van der Waals surface area contributed by atoms with Crippen molar-refractivity contribution in [3.8, 4) is 0 Å². The van der Waals surface area contributed by atoms with Crippen LogP contribution in [0.1, 0.15) is 103 Å². The SMILES string of the molecule is CCC[CH2][Sn]([CH2]CCC)([CH2]CCC)[c]1cnc(C(O[Si](C)(C)C(C)(C)C)C2Cc3ccccc3C2)o1. The molecular weight excluding hydrogens is 565 g/mol. The Morgan fingerprint density at radius 3 is 1.89 bits per heavy atom. The number of hydrogen-bond acceptors (Lipinski definition) is 3. The number of fused-ring (bicyclic) bond motifs is 1. The van der Waals surface area contributed by atoms with Crippen molar-refractivity contribution in [2.45, 2.75) is 130 Å². The molecule has 0 aliphatic heterocycles. The van der Waals surface area contributed by atoms with E-state index >= 15 is 0 Å². The van der Waals surface area contributed by atoms with Crippen LogP contribution in [0.4, 0.5) is 0 Å². The number of benzene rings is 1. The van der Waals surface area contributed by atoms with Crippen LogP contribution < -0.4 is 3.78 Å². The molecule has 0 N–H and O–H groups in total. The molecule has 3 rings (SSSR count). The molecule has 1 aliphatic carbocycles. The van der Waals surface area contributed by atoms with E-state index in [4.69, 9.17) is 13.8 Å².